The SMILES string of the molecule is CC1=CCN(C(=O)c2cccc(S(=O)(=O)NC[C@H]3CCN(C)C3)c2)CC1. The molecule has 0 unspecified atom stereocenters. The summed E-state index contributed by atoms with van der Waals surface area (Å²) in [5.74, 6) is 0.214. The van der Waals surface area contributed by atoms with E-state index in [9.17, 15) is 13.2 Å². The van der Waals surface area contributed by atoms with Gasteiger partial charge >= 0.3 is 0 Å². The van der Waals surface area contributed by atoms with Gasteiger partial charge in [0.1, 0.15) is 0 Å². The second-order valence-corrected chi connectivity index (χ2v) is 9.12. The predicted octanol–water partition coefficient (Wildman–Crippen LogP) is 1.71. The molecule has 6 nitrogen and oxygen atoms in total. The van der Waals surface area contributed by atoms with Crippen molar-refractivity contribution in [2.75, 3.05) is 39.8 Å². The molecule has 26 heavy (non-hydrogen) atoms. The topological polar surface area (TPSA) is 69.7 Å². The van der Waals surface area contributed by atoms with Gasteiger partial charge in [-0.05, 0) is 57.5 Å². The fraction of sp³-hybridized carbons (Fsp3) is 0.526. The Labute approximate surface area is 155 Å². The first kappa shape index (κ1) is 19.1. The average Bonchev–Trinajstić information content (AvgIpc) is 3.06. The maximum absolute atomic E-state index is 12.7. The average molecular weight is 378 g/mol. The van der Waals surface area contributed by atoms with Crippen LogP contribution in [0.25, 0.3) is 0 Å². The van der Waals surface area contributed by atoms with Crippen LogP contribution in [0.1, 0.15) is 30.1 Å². The van der Waals surface area contributed by atoms with Gasteiger partial charge in [-0.15, -0.1) is 0 Å². The third-order valence-electron chi connectivity index (χ3n) is 5.17. The molecule has 1 aromatic rings. The molecule has 0 bridgehead atoms. The molecule has 1 fully saturated rings. The molecular weight excluding hydrogens is 350 g/mol. The minimum absolute atomic E-state index is 0.122. The van der Waals surface area contributed by atoms with E-state index >= 15 is 0 Å². The van der Waals surface area contributed by atoms with Crippen LogP contribution >= 0.6 is 0 Å². The standard InChI is InChI=1S/C19H27N3O3S/c1-15-6-10-22(11-7-15)19(23)17-4-3-5-18(12-17)26(24,25)20-13-16-8-9-21(2)14-16/h3-6,12,16,20H,7-11,13-14H2,1-2H3/t16-/m1/s1. The van der Waals surface area contributed by atoms with E-state index in [4.69, 9.17) is 0 Å². The molecule has 3 rings (SSSR count). The summed E-state index contributed by atoms with van der Waals surface area (Å²) < 4.78 is 27.9. The first-order valence-corrected chi connectivity index (χ1v) is 10.6. The van der Waals surface area contributed by atoms with Gasteiger partial charge in [0, 0.05) is 31.7 Å². The first-order chi connectivity index (χ1) is 12.3. The Balaban J connectivity index is 1.68. The molecule has 0 aromatic heterocycles. The molecule has 2 heterocycles. The monoisotopic (exact) mass is 377 g/mol. The summed E-state index contributed by atoms with van der Waals surface area (Å²) >= 11 is 0. The second-order valence-electron chi connectivity index (χ2n) is 7.35. The first-order valence-electron chi connectivity index (χ1n) is 9.08. The molecule has 0 radical (unpaired) electrons. The quantitative estimate of drug-likeness (QED) is 0.793. The highest BCUT2D eigenvalue weighted by molar-refractivity contribution is 7.89. The third kappa shape index (κ3) is 4.52. The van der Waals surface area contributed by atoms with E-state index in [1.807, 2.05) is 13.1 Å². The fourth-order valence-corrected chi connectivity index (χ4v) is 4.60. The number of carbonyl (C=O) groups excluding carboxylic acids is 1. The number of likely N-dealkylation sites (tertiary alicyclic amines) is 1. The van der Waals surface area contributed by atoms with Crippen LogP contribution in [-0.2, 0) is 10.0 Å². The molecule has 0 saturated carbocycles. The van der Waals surface area contributed by atoms with E-state index in [1.165, 1.54) is 11.6 Å². The molecule has 7 heteroatoms. The van der Waals surface area contributed by atoms with Crippen LogP contribution in [0.15, 0.2) is 40.8 Å². The molecule has 1 saturated heterocycles. The minimum atomic E-state index is -3.61. The highest BCUT2D eigenvalue weighted by Gasteiger charge is 2.24. The van der Waals surface area contributed by atoms with Crippen LogP contribution in [0.4, 0.5) is 0 Å². The molecule has 2 aliphatic rings. The maximum atomic E-state index is 12.7. The van der Waals surface area contributed by atoms with Gasteiger partial charge in [-0.1, -0.05) is 17.7 Å². The van der Waals surface area contributed by atoms with Crippen LogP contribution < -0.4 is 4.72 Å². The smallest absolute Gasteiger partial charge is 0.254 e. The van der Waals surface area contributed by atoms with Crippen molar-refractivity contribution in [3.05, 3.63) is 41.5 Å². The van der Waals surface area contributed by atoms with Gasteiger partial charge in [0.2, 0.25) is 10.0 Å². The molecule has 1 N–H and O–H groups in total. The molecule has 142 valence electrons. The summed E-state index contributed by atoms with van der Waals surface area (Å²) in [6.07, 6.45) is 3.91. The van der Waals surface area contributed by atoms with Crippen molar-refractivity contribution in [3.8, 4) is 0 Å². The minimum Gasteiger partial charge on any atom is -0.335 e. The van der Waals surface area contributed by atoms with Gasteiger partial charge in [0.25, 0.3) is 5.91 Å². The normalized spacial score (nSPS) is 21.7. The van der Waals surface area contributed by atoms with Gasteiger partial charge in [-0.25, -0.2) is 13.1 Å². The predicted molar refractivity (Wildman–Crippen MR) is 102 cm³/mol. The van der Waals surface area contributed by atoms with Gasteiger partial charge in [0.05, 0.1) is 4.90 Å². The number of amides is 1. The number of nitrogens with one attached hydrogen (secondary N) is 1. The van der Waals surface area contributed by atoms with E-state index in [2.05, 4.69) is 16.5 Å². The highest BCUT2D eigenvalue weighted by atomic mass is 32.2. The van der Waals surface area contributed by atoms with Gasteiger partial charge in [-0.3, -0.25) is 4.79 Å². The van der Waals surface area contributed by atoms with Crippen LogP contribution in [-0.4, -0.2) is 63.9 Å². The molecule has 0 spiro atoms. The summed E-state index contributed by atoms with van der Waals surface area (Å²) in [6.45, 7) is 5.65. The number of sulfonamides is 1. The number of hydrogen-bond acceptors (Lipinski definition) is 4. The Morgan fingerprint density at radius 1 is 1.31 bits per heavy atom. The van der Waals surface area contributed by atoms with E-state index in [0.29, 0.717) is 31.1 Å². The summed E-state index contributed by atoms with van der Waals surface area (Å²) in [5, 5.41) is 0. The Morgan fingerprint density at radius 2 is 2.12 bits per heavy atom. The number of nitrogens with zero attached hydrogens (tertiary/aromatic N) is 2. The van der Waals surface area contributed by atoms with Crippen molar-refractivity contribution in [3.63, 3.8) is 0 Å². The number of rotatable bonds is 5. The second kappa shape index (κ2) is 7.90. The summed E-state index contributed by atoms with van der Waals surface area (Å²) in [5.41, 5.74) is 1.70. The van der Waals surface area contributed by atoms with Crippen molar-refractivity contribution >= 4 is 15.9 Å². The molecule has 2 aliphatic heterocycles. The van der Waals surface area contributed by atoms with Crippen LogP contribution in [0.5, 0.6) is 0 Å². The lowest BCUT2D eigenvalue weighted by Gasteiger charge is -2.25. The number of carbonyl (C=O) groups is 1. The zero-order valence-corrected chi connectivity index (χ0v) is 16.3. The van der Waals surface area contributed by atoms with Gasteiger partial charge < -0.3 is 9.80 Å². The zero-order valence-electron chi connectivity index (χ0n) is 15.4. The maximum Gasteiger partial charge on any atom is 0.254 e. The van der Waals surface area contributed by atoms with E-state index in [-0.39, 0.29) is 10.8 Å². The molecule has 1 amide bonds. The Morgan fingerprint density at radius 3 is 2.77 bits per heavy atom. The van der Waals surface area contributed by atoms with E-state index in [1.54, 1.807) is 23.1 Å². The lowest BCUT2D eigenvalue weighted by Crippen LogP contribution is -2.35. The number of benzene rings is 1. The van der Waals surface area contributed by atoms with Crippen molar-refractivity contribution in [1.29, 1.82) is 0 Å². The van der Waals surface area contributed by atoms with Crippen LogP contribution in [0.3, 0.4) is 0 Å². The lowest BCUT2D eigenvalue weighted by molar-refractivity contribution is 0.0769. The Kier molecular flexibility index (Phi) is 5.79. The van der Waals surface area contributed by atoms with Crippen LogP contribution in [0.2, 0.25) is 0 Å². The van der Waals surface area contributed by atoms with E-state index in [0.717, 1.165) is 25.9 Å². The number of hydrogen-bond donors (Lipinski definition) is 1. The van der Waals surface area contributed by atoms with Crippen molar-refractivity contribution in [1.82, 2.24) is 14.5 Å². The van der Waals surface area contributed by atoms with E-state index < -0.39 is 10.0 Å². The lowest BCUT2D eigenvalue weighted by atomic mass is 10.1. The fourth-order valence-electron chi connectivity index (χ4n) is 3.44. The third-order valence-corrected chi connectivity index (χ3v) is 6.59. The largest absolute Gasteiger partial charge is 0.335 e. The summed E-state index contributed by atoms with van der Waals surface area (Å²) in [6, 6.07) is 6.34. The van der Waals surface area contributed by atoms with Crippen LogP contribution in [0, 0.1) is 5.92 Å². The Hall–Kier alpha value is -1.70. The molecular formula is C19H27N3O3S. The molecule has 1 aromatic carbocycles. The molecule has 1 atom stereocenters. The summed E-state index contributed by atoms with van der Waals surface area (Å²) in [4.78, 5) is 16.8. The highest BCUT2D eigenvalue weighted by Crippen LogP contribution is 2.18. The molecule has 0 aliphatic carbocycles. The summed E-state index contributed by atoms with van der Waals surface area (Å²) in [7, 11) is -1.57. The Bertz CT molecular complexity index is 804. The van der Waals surface area contributed by atoms with Gasteiger partial charge in [0.15, 0.2) is 0 Å². The van der Waals surface area contributed by atoms with Crippen molar-refractivity contribution in [2.45, 2.75) is 24.7 Å². The van der Waals surface area contributed by atoms with Crippen molar-refractivity contribution in [2.24, 2.45) is 5.92 Å². The van der Waals surface area contributed by atoms with Gasteiger partial charge in [-0.2, -0.15) is 0 Å². The van der Waals surface area contributed by atoms with Crippen molar-refractivity contribution < 1.29 is 13.2 Å². The zero-order chi connectivity index (χ0) is 18.7.